The summed E-state index contributed by atoms with van der Waals surface area (Å²) in [4.78, 5) is 20.8. The summed E-state index contributed by atoms with van der Waals surface area (Å²) in [7, 11) is 0. The molecule has 1 saturated heterocycles. The zero-order valence-electron chi connectivity index (χ0n) is 13.1. The third kappa shape index (κ3) is 3.58. The van der Waals surface area contributed by atoms with Crippen molar-refractivity contribution in [2.75, 3.05) is 13.2 Å². The highest BCUT2D eigenvalue weighted by Crippen LogP contribution is 2.30. The number of ether oxygens (including phenoxy) is 2. The smallest absolute Gasteiger partial charge is 0.347 e. The number of aromatic nitrogens is 1. The van der Waals surface area contributed by atoms with E-state index in [0.717, 1.165) is 6.07 Å². The van der Waals surface area contributed by atoms with Crippen LogP contribution in [0.2, 0.25) is 0 Å². The summed E-state index contributed by atoms with van der Waals surface area (Å²) >= 11 is 0. The molecule has 0 radical (unpaired) electrons. The number of rotatable bonds is 4. The first-order valence-corrected chi connectivity index (χ1v) is 7.14. The van der Waals surface area contributed by atoms with Crippen LogP contribution >= 0.6 is 0 Å². The quantitative estimate of drug-likeness (QED) is 0.390. The van der Waals surface area contributed by atoms with E-state index in [2.05, 4.69) is 0 Å². The van der Waals surface area contributed by atoms with Gasteiger partial charge in [0.15, 0.2) is 18.2 Å². The molecule has 0 atom stereocenters. The Kier molecular flexibility index (Phi) is 5.31. The first-order chi connectivity index (χ1) is 11.4. The first-order valence-electron chi connectivity index (χ1n) is 7.14. The predicted molar refractivity (Wildman–Crippen MR) is 80.5 cm³/mol. The van der Waals surface area contributed by atoms with E-state index in [9.17, 15) is 20.2 Å². The summed E-state index contributed by atoms with van der Waals surface area (Å²) in [6.07, 6.45) is 3.27. The molecular formula is C15H14ClN3O6. The molecule has 1 aromatic carbocycles. The molecule has 1 aliphatic rings. The molecule has 3 rings (SSSR count). The number of hydrogen-bond acceptors (Lipinski definition) is 6. The van der Waals surface area contributed by atoms with Crippen molar-refractivity contribution in [3.63, 3.8) is 0 Å². The summed E-state index contributed by atoms with van der Waals surface area (Å²) in [5, 5.41) is 22.1. The molecule has 9 nitrogen and oxygen atoms in total. The van der Waals surface area contributed by atoms with Crippen molar-refractivity contribution in [1.82, 2.24) is 0 Å². The molecule has 0 amide bonds. The zero-order valence-corrected chi connectivity index (χ0v) is 13.9. The molecule has 2 heterocycles. The molecule has 0 spiro atoms. The van der Waals surface area contributed by atoms with Gasteiger partial charge in [0.2, 0.25) is 0 Å². The topological polar surface area (TPSA) is 109 Å². The summed E-state index contributed by atoms with van der Waals surface area (Å²) in [6, 6.07) is 7.01. The second-order valence-corrected chi connectivity index (χ2v) is 5.33. The van der Waals surface area contributed by atoms with Crippen molar-refractivity contribution >= 4 is 11.4 Å². The number of nitro benzene ring substituents is 2. The lowest BCUT2D eigenvalue weighted by Gasteiger charge is -2.20. The van der Waals surface area contributed by atoms with E-state index in [4.69, 9.17) is 9.47 Å². The fourth-order valence-corrected chi connectivity index (χ4v) is 2.56. The molecule has 0 aliphatic carbocycles. The third-order valence-corrected chi connectivity index (χ3v) is 3.81. The van der Waals surface area contributed by atoms with Gasteiger partial charge in [-0.15, -0.1) is 0 Å². The van der Waals surface area contributed by atoms with E-state index in [1.165, 1.54) is 16.7 Å². The fraction of sp³-hybridized carbons (Fsp3) is 0.267. The molecule has 1 aromatic heterocycles. The van der Waals surface area contributed by atoms with Crippen molar-refractivity contribution in [1.29, 1.82) is 0 Å². The lowest BCUT2D eigenvalue weighted by atomic mass is 10.1. The lowest BCUT2D eigenvalue weighted by molar-refractivity contribution is -0.602. The van der Waals surface area contributed by atoms with Crippen LogP contribution in [0.15, 0.2) is 42.7 Å². The number of nitrogens with zero attached hydrogens (tertiary/aromatic N) is 3. The van der Waals surface area contributed by atoms with Gasteiger partial charge < -0.3 is 21.9 Å². The van der Waals surface area contributed by atoms with Gasteiger partial charge in [-0.05, 0) is 13.0 Å². The molecule has 1 aliphatic heterocycles. The third-order valence-electron chi connectivity index (χ3n) is 3.81. The number of pyridine rings is 1. The first kappa shape index (κ1) is 18.7. The Labute approximate surface area is 148 Å². The van der Waals surface area contributed by atoms with Crippen LogP contribution in [0.1, 0.15) is 12.5 Å². The standard InChI is InChI=1S/C15H14N3O6.ClH/c1-15(23-7-8-24-15)11-3-2-6-16(10-11)13-5-4-12(17(19)20)9-14(13)18(21)22;/h2-6,9-10H,7-8H2,1H3;1H/q+1;/p-1. The van der Waals surface area contributed by atoms with E-state index in [1.807, 2.05) is 0 Å². The highest BCUT2D eigenvalue weighted by molar-refractivity contribution is 5.53. The van der Waals surface area contributed by atoms with E-state index < -0.39 is 15.6 Å². The van der Waals surface area contributed by atoms with Crippen LogP contribution in [0.4, 0.5) is 11.4 Å². The van der Waals surface area contributed by atoms with Crippen molar-refractivity contribution in [2.24, 2.45) is 0 Å². The van der Waals surface area contributed by atoms with Gasteiger partial charge in [-0.25, -0.2) is 0 Å². The van der Waals surface area contributed by atoms with E-state index in [1.54, 1.807) is 31.5 Å². The van der Waals surface area contributed by atoms with Crippen LogP contribution in [0.5, 0.6) is 0 Å². The van der Waals surface area contributed by atoms with E-state index in [-0.39, 0.29) is 29.5 Å². The highest BCUT2D eigenvalue weighted by atomic mass is 35.5. The second-order valence-electron chi connectivity index (χ2n) is 5.33. The maximum absolute atomic E-state index is 11.3. The molecular weight excluding hydrogens is 354 g/mol. The Morgan fingerprint density at radius 1 is 1.12 bits per heavy atom. The molecule has 0 saturated carbocycles. The van der Waals surface area contributed by atoms with Crippen LogP contribution in [-0.4, -0.2) is 23.1 Å². The largest absolute Gasteiger partial charge is 1.00 e. The molecule has 0 unspecified atom stereocenters. The Bertz CT molecular complexity index is 823. The van der Waals surface area contributed by atoms with E-state index in [0.29, 0.717) is 18.8 Å². The van der Waals surface area contributed by atoms with Gasteiger partial charge in [-0.2, -0.15) is 4.57 Å². The SMILES string of the molecule is CC1(c2ccc[n+](-c3ccc([N+](=O)[O-])cc3[N+](=O)[O-])c2)OCCO1.[Cl-]. The van der Waals surface area contributed by atoms with Gasteiger partial charge in [-0.1, -0.05) is 0 Å². The van der Waals surface area contributed by atoms with Crippen molar-refractivity contribution in [2.45, 2.75) is 12.7 Å². The van der Waals surface area contributed by atoms with Crippen LogP contribution in [0.3, 0.4) is 0 Å². The number of nitro groups is 2. The number of hydrogen-bond donors (Lipinski definition) is 0. The average Bonchev–Trinajstić information content (AvgIpc) is 3.02. The minimum Gasteiger partial charge on any atom is -1.00 e. The zero-order chi connectivity index (χ0) is 17.3. The molecule has 0 bridgehead atoms. The number of benzene rings is 1. The minimum absolute atomic E-state index is 0. The summed E-state index contributed by atoms with van der Waals surface area (Å²) in [6.45, 7) is 2.69. The van der Waals surface area contributed by atoms with Crippen molar-refractivity contribution < 1.29 is 36.3 Å². The van der Waals surface area contributed by atoms with Gasteiger partial charge in [0.25, 0.3) is 11.4 Å². The number of halogens is 1. The maximum Gasteiger partial charge on any atom is 0.347 e. The molecule has 2 aromatic rings. The van der Waals surface area contributed by atoms with Crippen LogP contribution in [-0.2, 0) is 15.3 Å². The summed E-state index contributed by atoms with van der Waals surface area (Å²) < 4.78 is 12.7. The molecule has 132 valence electrons. The van der Waals surface area contributed by atoms with Crippen LogP contribution < -0.4 is 17.0 Å². The fourth-order valence-electron chi connectivity index (χ4n) is 2.56. The van der Waals surface area contributed by atoms with E-state index >= 15 is 0 Å². The molecule has 10 heteroatoms. The normalized spacial score (nSPS) is 15.4. The summed E-state index contributed by atoms with van der Waals surface area (Å²) in [5.74, 6) is -0.918. The number of non-ortho nitro benzene ring substituents is 1. The van der Waals surface area contributed by atoms with Crippen molar-refractivity contribution in [3.8, 4) is 5.69 Å². The minimum atomic E-state index is -0.918. The molecule has 1 fully saturated rings. The Balaban J connectivity index is 0.00000225. The van der Waals surface area contributed by atoms with Gasteiger partial charge in [0.05, 0.1) is 28.6 Å². The van der Waals surface area contributed by atoms with Gasteiger partial charge in [0, 0.05) is 18.2 Å². The van der Waals surface area contributed by atoms with Gasteiger partial charge in [-0.3, -0.25) is 20.2 Å². The molecule has 25 heavy (non-hydrogen) atoms. The van der Waals surface area contributed by atoms with Crippen LogP contribution in [0, 0.1) is 20.2 Å². The predicted octanol–water partition coefficient (Wildman–Crippen LogP) is -0.997. The molecule has 0 N–H and O–H groups in total. The van der Waals surface area contributed by atoms with Crippen molar-refractivity contribution in [3.05, 3.63) is 68.5 Å². The van der Waals surface area contributed by atoms with Gasteiger partial charge in [0.1, 0.15) is 6.07 Å². The Morgan fingerprint density at radius 3 is 2.40 bits per heavy atom. The monoisotopic (exact) mass is 367 g/mol. The van der Waals surface area contributed by atoms with Crippen LogP contribution in [0.25, 0.3) is 5.69 Å². The lowest BCUT2D eigenvalue weighted by Crippen LogP contribution is -3.00. The Morgan fingerprint density at radius 2 is 1.80 bits per heavy atom. The Hall–Kier alpha value is -2.62. The average molecular weight is 368 g/mol. The second kappa shape index (κ2) is 7.09. The highest BCUT2D eigenvalue weighted by Gasteiger charge is 2.36. The van der Waals surface area contributed by atoms with Gasteiger partial charge >= 0.3 is 5.69 Å². The summed E-state index contributed by atoms with van der Waals surface area (Å²) in [5.41, 5.74) is 0.214. The maximum atomic E-state index is 11.3.